The molecule has 31 heavy (non-hydrogen) atoms. The zero-order valence-corrected chi connectivity index (χ0v) is 19.7. The Kier molecular flexibility index (Phi) is 7.93. The van der Waals surface area contributed by atoms with E-state index in [1.165, 1.54) is 64.2 Å². The van der Waals surface area contributed by atoms with Crippen LogP contribution in [0.4, 0.5) is 8.78 Å². The number of ether oxygens (including phenoxy) is 1. The SMILES string of the molecule is CCCOc1ccc(C2CCC3CC(C4CCC(CCC)CC4)CCC3C2)c(F)c1F. The first kappa shape index (κ1) is 23.1. The second-order valence-corrected chi connectivity index (χ2v) is 10.8. The monoisotopic (exact) mass is 432 g/mol. The summed E-state index contributed by atoms with van der Waals surface area (Å²) < 4.78 is 34.7. The summed E-state index contributed by atoms with van der Waals surface area (Å²) >= 11 is 0. The Morgan fingerprint density at radius 2 is 1.39 bits per heavy atom. The van der Waals surface area contributed by atoms with E-state index >= 15 is 0 Å². The Bertz CT molecular complexity index is 709. The summed E-state index contributed by atoms with van der Waals surface area (Å²) in [5.41, 5.74) is 0.580. The summed E-state index contributed by atoms with van der Waals surface area (Å²) in [5.74, 6) is 3.13. The molecule has 0 radical (unpaired) electrons. The highest BCUT2D eigenvalue weighted by Crippen LogP contribution is 2.51. The van der Waals surface area contributed by atoms with E-state index in [1.807, 2.05) is 6.92 Å². The van der Waals surface area contributed by atoms with Gasteiger partial charge in [-0.25, -0.2) is 4.39 Å². The molecule has 3 saturated carbocycles. The fourth-order valence-electron chi connectivity index (χ4n) is 7.18. The van der Waals surface area contributed by atoms with Gasteiger partial charge in [0, 0.05) is 0 Å². The highest BCUT2D eigenvalue weighted by molar-refractivity contribution is 5.33. The molecule has 0 bridgehead atoms. The minimum Gasteiger partial charge on any atom is -0.490 e. The third-order valence-corrected chi connectivity index (χ3v) is 8.89. The standard InChI is InChI=1S/C28H42F2O/c1-3-5-19-6-8-20(9-7-19)21-10-11-23-18-24(13-12-22(23)17-21)25-14-15-26(31-16-4-2)28(30)27(25)29/h14-15,19-24H,3-13,16-18H2,1-2H3. The van der Waals surface area contributed by atoms with E-state index in [2.05, 4.69) is 6.92 Å². The van der Waals surface area contributed by atoms with Crippen LogP contribution in [0.15, 0.2) is 12.1 Å². The summed E-state index contributed by atoms with van der Waals surface area (Å²) in [7, 11) is 0. The van der Waals surface area contributed by atoms with Gasteiger partial charge in [0.15, 0.2) is 11.6 Å². The maximum atomic E-state index is 14.8. The molecular formula is C28H42F2O. The molecule has 3 heteroatoms. The normalized spacial score (nSPS) is 33.7. The second-order valence-electron chi connectivity index (χ2n) is 10.8. The molecule has 4 atom stereocenters. The van der Waals surface area contributed by atoms with Gasteiger partial charge in [-0.3, -0.25) is 0 Å². The van der Waals surface area contributed by atoms with Gasteiger partial charge in [0.2, 0.25) is 5.82 Å². The summed E-state index contributed by atoms with van der Waals surface area (Å²) in [4.78, 5) is 0. The molecule has 4 rings (SSSR count). The largest absolute Gasteiger partial charge is 0.490 e. The van der Waals surface area contributed by atoms with Crippen LogP contribution >= 0.6 is 0 Å². The van der Waals surface area contributed by atoms with Crippen molar-refractivity contribution in [3.8, 4) is 5.75 Å². The van der Waals surface area contributed by atoms with E-state index in [0.29, 0.717) is 18.1 Å². The molecule has 0 amide bonds. The van der Waals surface area contributed by atoms with Crippen LogP contribution in [0.5, 0.6) is 5.75 Å². The topological polar surface area (TPSA) is 9.23 Å². The molecular weight excluding hydrogens is 390 g/mol. The van der Waals surface area contributed by atoms with Crippen molar-refractivity contribution in [2.75, 3.05) is 6.61 Å². The van der Waals surface area contributed by atoms with E-state index in [1.54, 1.807) is 12.1 Å². The zero-order valence-electron chi connectivity index (χ0n) is 19.7. The summed E-state index contributed by atoms with van der Waals surface area (Å²) in [6.07, 6.45) is 16.6. The average molecular weight is 433 g/mol. The summed E-state index contributed by atoms with van der Waals surface area (Å²) in [6, 6.07) is 3.43. The van der Waals surface area contributed by atoms with Crippen molar-refractivity contribution in [3.63, 3.8) is 0 Å². The Hall–Kier alpha value is -1.12. The molecule has 3 aliphatic carbocycles. The average Bonchev–Trinajstić information content (AvgIpc) is 2.80. The molecule has 0 spiro atoms. The van der Waals surface area contributed by atoms with Gasteiger partial charge in [0.1, 0.15) is 0 Å². The molecule has 0 saturated heterocycles. The van der Waals surface area contributed by atoms with Gasteiger partial charge in [0.25, 0.3) is 0 Å². The number of hydrogen-bond acceptors (Lipinski definition) is 1. The van der Waals surface area contributed by atoms with Gasteiger partial charge >= 0.3 is 0 Å². The van der Waals surface area contributed by atoms with Crippen molar-refractivity contribution in [3.05, 3.63) is 29.3 Å². The Balaban J connectivity index is 1.33. The van der Waals surface area contributed by atoms with Gasteiger partial charge in [-0.1, -0.05) is 45.6 Å². The number of halogens is 2. The van der Waals surface area contributed by atoms with Crippen molar-refractivity contribution < 1.29 is 13.5 Å². The van der Waals surface area contributed by atoms with Crippen LogP contribution in [0.25, 0.3) is 0 Å². The van der Waals surface area contributed by atoms with Crippen molar-refractivity contribution >= 4 is 0 Å². The van der Waals surface area contributed by atoms with Crippen LogP contribution in [-0.4, -0.2) is 6.61 Å². The van der Waals surface area contributed by atoms with Crippen LogP contribution < -0.4 is 4.74 Å². The van der Waals surface area contributed by atoms with Gasteiger partial charge in [-0.15, -0.1) is 0 Å². The lowest BCUT2D eigenvalue weighted by atomic mass is 9.60. The van der Waals surface area contributed by atoms with Crippen molar-refractivity contribution in [2.24, 2.45) is 29.6 Å². The first-order valence-corrected chi connectivity index (χ1v) is 13.2. The molecule has 3 aliphatic rings. The molecule has 0 N–H and O–H groups in total. The molecule has 0 aliphatic heterocycles. The highest BCUT2D eigenvalue weighted by atomic mass is 19.2. The number of benzene rings is 1. The Morgan fingerprint density at radius 1 is 0.742 bits per heavy atom. The van der Waals surface area contributed by atoms with Crippen LogP contribution in [-0.2, 0) is 0 Å². The molecule has 1 aromatic rings. The predicted octanol–water partition coefficient (Wildman–Crippen LogP) is 8.66. The number of hydrogen-bond donors (Lipinski definition) is 0. The Morgan fingerprint density at radius 3 is 2.10 bits per heavy atom. The van der Waals surface area contributed by atoms with Crippen LogP contribution in [0.3, 0.4) is 0 Å². The van der Waals surface area contributed by atoms with Crippen LogP contribution in [0, 0.1) is 41.2 Å². The van der Waals surface area contributed by atoms with E-state index in [-0.39, 0.29) is 11.7 Å². The highest BCUT2D eigenvalue weighted by Gasteiger charge is 2.39. The van der Waals surface area contributed by atoms with Crippen molar-refractivity contribution in [2.45, 2.75) is 103 Å². The Labute approximate surface area is 188 Å². The lowest BCUT2D eigenvalue weighted by Gasteiger charge is -2.45. The first-order valence-electron chi connectivity index (χ1n) is 13.2. The molecule has 4 unspecified atom stereocenters. The predicted molar refractivity (Wildman–Crippen MR) is 123 cm³/mol. The summed E-state index contributed by atoms with van der Waals surface area (Å²) in [6.45, 7) is 4.70. The third-order valence-electron chi connectivity index (χ3n) is 8.89. The van der Waals surface area contributed by atoms with E-state index in [0.717, 1.165) is 42.9 Å². The van der Waals surface area contributed by atoms with E-state index < -0.39 is 11.6 Å². The molecule has 3 fully saturated rings. The molecule has 0 aromatic heterocycles. The van der Waals surface area contributed by atoms with Crippen molar-refractivity contribution in [1.29, 1.82) is 0 Å². The smallest absolute Gasteiger partial charge is 0.200 e. The van der Waals surface area contributed by atoms with Crippen LogP contribution in [0.2, 0.25) is 0 Å². The zero-order chi connectivity index (χ0) is 21.8. The molecule has 1 nitrogen and oxygen atoms in total. The lowest BCUT2D eigenvalue weighted by molar-refractivity contribution is 0.0707. The van der Waals surface area contributed by atoms with E-state index in [4.69, 9.17) is 4.74 Å². The molecule has 0 heterocycles. The fraction of sp³-hybridized carbons (Fsp3) is 0.786. The number of rotatable bonds is 7. The quantitative estimate of drug-likeness (QED) is 0.419. The lowest BCUT2D eigenvalue weighted by Crippen LogP contribution is -2.34. The first-order chi connectivity index (χ1) is 15.1. The van der Waals surface area contributed by atoms with Crippen LogP contribution in [0.1, 0.15) is 109 Å². The summed E-state index contributed by atoms with van der Waals surface area (Å²) in [5, 5.41) is 0. The second kappa shape index (κ2) is 10.7. The van der Waals surface area contributed by atoms with Gasteiger partial charge < -0.3 is 4.74 Å². The minimum absolute atomic E-state index is 0.0611. The van der Waals surface area contributed by atoms with E-state index in [9.17, 15) is 8.78 Å². The van der Waals surface area contributed by atoms with Gasteiger partial charge in [-0.2, -0.15) is 4.39 Å². The maximum absolute atomic E-state index is 14.8. The third kappa shape index (κ3) is 5.28. The van der Waals surface area contributed by atoms with Gasteiger partial charge in [-0.05, 0) is 105 Å². The molecule has 174 valence electrons. The van der Waals surface area contributed by atoms with Gasteiger partial charge in [0.05, 0.1) is 6.61 Å². The maximum Gasteiger partial charge on any atom is 0.200 e. The van der Waals surface area contributed by atoms with Crippen molar-refractivity contribution in [1.82, 2.24) is 0 Å². The minimum atomic E-state index is -0.796. The fourth-order valence-corrected chi connectivity index (χ4v) is 7.18. The molecule has 1 aromatic carbocycles. The number of fused-ring (bicyclic) bond motifs is 1.